The Morgan fingerprint density at radius 3 is 2.69 bits per heavy atom. The van der Waals surface area contributed by atoms with Crippen LogP contribution in [-0.4, -0.2) is 29.1 Å². The van der Waals surface area contributed by atoms with Crippen molar-refractivity contribution in [3.8, 4) is 0 Å². The van der Waals surface area contributed by atoms with E-state index in [9.17, 15) is 0 Å². The zero-order valence-corrected chi connectivity index (χ0v) is 16.6. The van der Waals surface area contributed by atoms with E-state index in [2.05, 4.69) is 10.2 Å². The molecule has 0 spiro atoms. The summed E-state index contributed by atoms with van der Waals surface area (Å²) in [5.41, 5.74) is 15.7. The first kappa shape index (κ1) is 20.8. The molecule has 5 N–H and O–H groups in total. The van der Waals surface area contributed by atoms with Crippen molar-refractivity contribution in [1.29, 1.82) is 0 Å². The van der Waals surface area contributed by atoms with Crippen LogP contribution in [-0.2, 0) is 12.8 Å². The highest BCUT2D eigenvalue weighted by molar-refractivity contribution is 6.33. The number of nitrogens with two attached hydrogens (primary N) is 2. The molecule has 0 amide bonds. The van der Waals surface area contributed by atoms with Gasteiger partial charge in [-0.05, 0) is 43.9 Å². The standard InChI is InChI=1S/C17H21ClN6.2ClH/c18-13-5-4-11(8-14(13)20)21-17-22-15-3-1-2-12(15)16(23-17)24-7-6-10(19)9-24;;/h4-5,8,10H,1-3,6-7,9,19-20H2,(H,21,22,23);2*1H. The Kier molecular flexibility index (Phi) is 6.80. The molecule has 1 aliphatic carbocycles. The predicted octanol–water partition coefficient (Wildman–Crippen LogP) is 3.33. The second-order valence-electron chi connectivity index (χ2n) is 6.51. The number of fused-ring (bicyclic) bond motifs is 1. The number of rotatable bonds is 3. The van der Waals surface area contributed by atoms with Crippen molar-refractivity contribution in [3.63, 3.8) is 0 Å². The molecule has 2 aliphatic rings. The number of nitrogens with zero attached hydrogens (tertiary/aromatic N) is 3. The van der Waals surface area contributed by atoms with Crippen LogP contribution in [0.15, 0.2) is 18.2 Å². The normalized spacial score (nSPS) is 18.1. The summed E-state index contributed by atoms with van der Waals surface area (Å²) in [5.74, 6) is 1.64. The van der Waals surface area contributed by atoms with E-state index in [-0.39, 0.29) is 30.9 Å². The van der Waals surface area contributed by atoms with Gasteiger partial charge in [-0.2, -0.15) is 4.98 Å². The van der Waals surface area contributed by atoms with Gasteiger partial charge in [0, 0.05) is 30.4 Å². The third kappa shape index (κ3) is 4.09. The summed E-state index contributed by atoms with van der Waals surface area (Å²) in [4.78, 5) is 11.8. The number of nitrogen functional groups attached to an aromatic ring is 1. The molecule has 142 valence electrons. The van der Waals surface area contributed by atoms with Crippen LogP contribution in [0.1, 0.15) is 24.1 Å². The van der Waals surface area contributed by atoms with Gasteiger partial charge < -0.3 is 21.7 Å². The van der Waals surface area contributed by atoms with Crippen LogP contribution in [0.4, 0.5) is 23.1 Å². The molecule has 2 heterocycles. The van der Waals surface area contributed by atoms with Gasteiger partial charge in [0.2, 0.25) is 5.95 Å². The van der Waals surface area contributed by atoms with Crippen LogP contribution in [0, 0.1) is 0 Å². The predicted molar refractivity (Wildman–Crippen MR) is 113 cm³/mol. The molecule has 1 fully saturated rings. The first-order valence-corrected chi connectivity index (χ1v) is 8.70. The second kappa shape index (κ2) is 8.48. The molecule has 0 radical (unpaired) electrons. The zero-order chi connectivity index (χ0) is 16.7. The van der Waals surface area contributed by atoms with Crippen LogP contribution in [0.5, 0.6) is 0 Å². The van der Waals surface area contributed by atoms with Crippen LogP contribution < -0.4 is 21.7 Å². The smallest absolute Gasteiger partial charge is 0.229 e. The fourth-order valence-corrected chi connectivity index (χ4v) is 3.58. The lowest BCUT2D eigenvalue weighted by Crippen LogP contribution is -2.28. The van der Waals surface area contributed by atoms with E-state index in [1.165, 1.54) is 5.56 Å². The third-order valence-corrected chi connectivity index (χ3v) is 5.03. The molecule has 6 nitrogen and oxygen atoms in total. The van der Waals surface area contributed by atoms with E-state index in [0.29, 0.717) is 16.7 Å². The summed E-state index contributed by atoms with van der Waals surface area (Å²) in [7, 11) is 0. The van der Waals surface area contributed by atoms with Crippen molar-refractivity contribution in [1.82, 2.24) is 9.97 Å². The van der Waals surface area contributed by atoms with E-state index in [1.807, 2.05) is 6.07 Å². The maximum atomic E-state index is 6.07. The van der Waals surface area contributed by atoms with Gasteiger partial charge in [-0.15, -0.1) is 24.8 Å². The van der Waals surface area contributed by atoms with Gasteiger partial charge in [-0.25, -0.2) is 4.98 Å². The van der Waals surface area contributed by atoms with Crippen molar-refractivity contribution in [3.05, 3.63) is 34.5 Å². The number of hydrogen-bond acceptors (Lipinski definition) is 6. The van der Waals surface area contributed by atoms with Gasteiger partial charge >= 0.3 is 0 Å². The molecule has 4 rings (SSSR count). The van der Waals surface area contributed by atoms with Gasteiger partial charge in [0.15, 0.2) is 0 Å². The van der Waals surface area contributed by atoms with Crippen molar-refractivity contribution in [2.24, 2.45) is 5.73 Å². The Morgan fingerprint density at radius 1 is 1.19 bits per heavy atom. The molecule has 2 aromatic rings. The highest BCUT2D eigenvalue weighted by Crippen LogP contribution is 2.32. The Labute approximate surface area is 170 Å². The molecule has 1 saturated heterocycles. The van der Waals surface area contributed by atoms with Crippen LogP contribution >= 0.6 is 36.4 Å². The van der Waals surface area contributed by atoms with Crippen LogP contribution in [0.3, 0.4) is 0 Å². The quantitative estimate of drug-likeness (QED) is 0.663. The van der Waals surface area contributed by atoms with E-state index >= 15 is 0 Å². The van der Waals surface area contributed by atoms with Gasteiger partial charge in [0.25, 0.3) is 0 Å². The van der Waals surface area contributed by atoms with Crippen molar-refractivity contribution in [2.45, 2.75) is 31.7 Å². The van der Waals surface area contributed by atoms with Gasteiger partial charge in [0.1, 0.15) is 5.82 Å². The van der Waals surface area contributed by atoms with Gasteiger partial charge in [0.05, 0.1) is 16.4 Å². The molecule has 1 aromatic heterocycles. The van der Waals surface area contributed by atoms with Crippen LogP contribution in [0.25, 0.3) is 0 Å². The maximum absolute atomic E-state index is 6.07. The first-order chi connectivity index (χ1) is 11.6. The van der Waals surface area contributed by atoms with E-state index in [1.54, 1.807) is 12.1 Å². The minimum atomic E-state index is 0. The van der Waals surface area contributed by atoms with Crippen molar-refractivity contribution < 1.29 is 0 Å². The second-order valence-corrected chi connectivity index (χ2v) is 6.91. The Bertz CT molecular complexity index is 785. The van der Waals surface area contributed by atoms with Crippen molar-refractivity contribution >= 4 is 59.6 Å². The summed E-state index contributed by atoms with van der Waals surface area (Å²) >= 11 is 5.98. The zero-order valence-electron chi connectivity index (χ0n) is 14.2. The summed E-state index contributed by atoms with van der Waals surface area (Å²) in [6.07, 6.45) is 4.19. The molecule has 1 aromatic carbocycles. The lowest BCUT2D eigenvalue weighted by molar-refractivity contribution is 0.751. The first-order valence-electron chi connectivity index (χ1n) is 8.32. The lowest BCUT2D eigenvalue weighted by Gasteiger charge is -2.21. The average molecular weight is 418 g/mol. The fraction of sp³-hybridized carbons (Fsp3) is 0.412. The molecular formula is C17H23Cl3N6. The highest BCUT2D eigenvalue weighted by Gasteiger charge is 2.27. The van der Waals surface area contributed by atoms with Gasteiger partial charge in [-0.1, -0.05) is 11.6 Å². The number of hydrogen-bond donors (Lipinski definition) is 3. The molecule has 9 heteroatoms. The van der Waals surface area contributed by atoms with Gasteiger partial charge in [-0.3, -0.25) is 0 Å². The summed E-state index contributed by atoms with van der Waals surface area (Å²) in [6.45, 7) is 1.81. The molecule has 1 aliphatic heterocycles. The van der Waals surface area contributed by atoms with Crippen molar-refractivity contribution in [2.75, 3.05) is 29.0 Å². The Hall–Kier alpha value is -1.47. The molecule has 26 heavy (non-hydrogen) atoms. The molecule has 1 unspecified atom stereocenters. The molecule has 0 bridgehead atoms. The Morgan fingerprint density at radius 2 is 2.00 bits per heavy atom. The SMILES string of the molecule is Cl.Cl.Nc1cc(Nc2nc3c(c(N4CCC(N)C4)n2)CCC3)ccc1Cl. The van der Waals surface area contributed by atoms with Crippen LogP contribution in [0.2, 0.25) is 5.02 Å². The number of aromatic nitrogens is 2. The summed E-state index contributed by atoms with van der Waals surface area (Å²) in [6, 6.07) is 5.67. The third-order valence-electron chi connectivity index (χ3n) is 4.69. The summed E-state index contributed by atoms with van der Waals surface area (Å²) in [5, 5.41) is 3.80. The number of benzene rings is 1. The van der Waals surface area contributed by atoms with E-state index in [4.69, 9.17) is 33.0 Å². The molecule has 1 atom stereocenters. The highest BCUT2D eigenvalue weighted by atomic mass is 35.5. The Balaban J connectivity index is 0.00000121. The fourth-order valence-electron chi connectivity index (χ4n) is 3.46. The average Bonchev–Trinajstić information content (AvgIpc) is 3.19. The minimum absolute atomic E-state index is 0. The number of aryl methyl sites for hydroxylation is 1. The monoisotopic (exact) mass is 416 g/mol. The molecule has 0 saturated carbocycles. The summed E-state index contributed by atoms with van der Waals surface area (Å²) < 4.78 is 0. The van der Waals surface area contributed by atoms with E-state index < -0.39 is 0 Å². The maximum Gasteiger partial charge on any atom is 0.229 e. The minimum Gasteiger partial charge on any atom is -0.397 e. The topological polar surface area (TPSA) is 93.1 Å². The van der Waals surface area contributed by atoms with E-state index in [0.717, 1.165) is 56.0 Å². The number of anilines is 4. The number of nitrogens with one attached hydrogen (secondary N) is 1. The number of halogens is 3. The molecular weight excluding hydrogens is 395 g/mol. The lowest BCUT2D eigenvalue weighted by atomic mass is 10.2. The largest absolute Gasteiger partial charge is 0.397 e.